The highest BCUT2D eigenvalue weighted by Gasteiger charge is 2.32. The van der Waals surface area contributed by atoms with Crippen molar-refractivity contribution in [1.82, 2.24) is 16.0 Å². The van der Waals surface area contributed by atoms with E-state index in [1.807, 2.05) is 13.8 Å². The Labute approximate surface area is 222 Å². The summed E-state index contributed by atoms with van der Waals surface area (Å²) in [5.41, 5.74) is 27.1. The van der Waals surface area contributed by atoms with Crippen molar-refractivity contribution in [2.24, 2.45) is 44.6 Å². The van der Waals surface area contributed by atoms with Gasteiger partial charge in [0.05, 0.1) is 12.1 Å². The van der Waals surface area contributed by atoms with Crippen molar-refractivity contribution < 1.29 is 29.4 Å². The molecular formula is C22H44N10O6. The molecule has 0 bridgehead atoms. The first-order valence-electron chi connectivity index (χ1n) is 12.3. The number of aliphatic hydroxyl groups excluding tert-OH is 1. The molecule has 0 aromatic carbocycles. The van der Waals surface area contributed by atoms with Gasteiger partial charge in [-0.2, -0.15) is 0 Å². The number of aliphatic carboxylic acids is 1. The summed E-state index contributed by atoms with van der Waals surface area (Å²) in [5.74, 6) is -3.74. The summed E-state index contributed by atoms with van der Waals surface area (Å²) in [6.07, 6.45) is -0.121. The number of nitrogens with one attached hydrogen (secondary N) is 3. The van der Waals surface area contributed by atoms with Gasteiger partial charge in [-0.15, -0.1) is 0 Å². The number of hydrogen-bond acceptors (Lipinski definition) is 8. The lowest BCUT2D eigenvalue weighted by molar-refractivity contribution is -0.145. The van der Waals surface area contributed by atoms with Crippen LogP contribution in [0.4, 0.5) is 0 Å². The molecule has 0 heterocycles. The van der Waals surface area contributed by atoms with Crippen LogP contribution in [-0.4, -0.2) is 89.2 Å². The van der Waals surface area contributed by atoms with Crippen LogP contribution in [0.3, 0.4) is 0 Å². The highest BCUT2D eigenvalue weighted by molar-refractivity contribution is 5.94. The Balaban J connectivity index is 5.54. The molecule has 3 amide bonds. The number of nitrogens with two attached hydrogens (primary N) is 5. The second kappa shape index (κ2) is 17.7. The minimum atomic E-state index is -1.59. The lowest BCUT2D eigenvalue weighted by Crippen LogP contribution is -2.58. The quantitative estimate of drug-likeness (QED) is 0.0456. The first-order chi connectivity index (χ1) is 17.6. The lowest BCUT2D eigenvalue weighted by atomic mass is 10.0. The Morgan fingerprint density at radius 3 is 1.68 bits per heavy atom. The maximum Gasteiger partial charge on any atom is 0.328 e. The first kappa shape index (κ1) is 34.3. The van der Waals surface area contributed by atoms with Crippen molar-refractivity contribution in [3.8, 4) is 0 Å². The molecule has 0 aliphatic rings. The molecule has 218 valence electrons. The molecule has 38 heavy (non-hydrogen) atoms. The molecule has 5 unspecified atom stereocenters. The van der Waals surface area contributed by atoms with Crippen LogP contribution in [0.25, 0.3) is 0 Å². The van der Waals surface area contributed by atoms with E-state index in [2.05, 4.69) is 25.9 Å². The van der Waals surface area contributed by atoms with Gasteiger partial charge in [0.1, 0.15) is 12.1 Å². The number of amides is 3. The first-order valence-corrected chi connectivity index (χ1v) is 12.3. The van der Waals surface area contributed by atoms with Crippen LogP contribution in [0.15, 0.2) is 9.98 Å². The molecule has 0 aromatic rings. The second-order valence-corrected chi connectivity index (χ2v) is 9.32. The highest BCUT2D eigenvalue weighted by Crippen LogP contribution is 2.09. The van der Waals surface area contributed by atoms with Gasteiger partial charge in [-0.25, -0.2) is 4.79 Å². The summed E-state index contributed by atoms with van der Waals surface area (Å²) in [6, 6.07) is -4.74. The molecule has 0 radical (unpaired) electrons. The molecule has 15 N–H and O–H groups in total. The van der Waals surface area contributed by atoms with Crippen molar-refractivity contribution in [2.75, 3.05) is 13.1 Å². The predicted octanol–water partition coefficient (Wildman–Crippen LogP) is -3.61. The highest BCUT2D eigenvalue weighted by atomic mass is 16.4. The van der Waals surface area contributed by atoms with E-state index in [4.69, 9.17) is 28.7 Å². The standard InChI is InChI=1S/C22H44N10O6/c1-11(2)10-15(31-17(34)13(23)6-4-8-28-21(24)25)19(36)30-14(7-5-9-29-22(26)27)18(35)32-16(12(3)33)20(37)38/h11-16,33H,4-10,23H2,1-3H3,(H,30,36)(H,31,34)(H,32,35)(H,37,38)(H4,24,25,28)(H4,26,27,29). The number of hydrogen-bond donors (Lipinski definition) is 10. The molecule has 0 aliphatic heterocycles. The smallest absolute Gasteiger partial charge is 0.328 e. The zero-order valence-electron chi connectivity index (χ0n) is 22.2. The molecule has 16 nitrogen and oxygen atoms in total. The third kappa shape index (κ3) is 14.8. The van der Waals surface area contributed by atoms with E-state index in [-0.39, 0.29) is 50.1 Å². The van der Waals surface area contributed by atoms with Crippen LogP contribution in [0.2, 0.25) is 0 Å². The van der Waals surface area contributed by atoms with Gasteiger partial charge in [-0.1, -0.05) is 13.8 Å². The Hall–Kier alpha value is -3.66. The SMILES string of the molecule is CC(C)CC(NC(=O)C(N)CCCN=C(N)N)C(=O)NC(CCCN=C(N)N)C(=O)NC(C(=O)O)C(C)O. The Kier molecular flexibility index (Phi) is 16.0. The van der Waals surface area contributed by atoms with Gasteiger partial charge < -0.3 is 54.8 Å². The van der Waals surface area contributed by atoms with Crippen molar-refractivity contribution in [2.45, 2.75) is 83.1 Å². The minimum absolute atomic E-state index is 0.00934. The molecule has 0 aromatic heterocycles. The summed E-state index contributed by atoms with van der Waals surface area (Å²) < 4.78 is 0. The number of aliphatic imine (C=N–C) groups is 2. The third-order valence-electron chi connectivity index (χ3n) is 5.27. The van der Waals surface area contributed by atoms with Crippen molar-refractivity contribution in [3.05, 3.63) is 0 Å². The largest absolute Gasteiger partial charge is 0.480 e. The summed E-state index contributed by atoms with van der Waals surface area (Å²) in [7, 11) is 0. The van der Waals surface area contributed by atoms with Crippen molar-refractivity contribution in [1.29, 1.82) is 0 Å². The lowest BCUT2D eigenvalue weighted by Gasteiger charge is -2.26. The number of carboxylic acid groups (broad SMARTS) is 1. The molecule has 16 heteroatoms. The zero-order chi connectivity index (χ0) is 29.4. The number of carbonyl (C=O) groups excluding carboxylic acids is 3. The van der Waals surface area contributed by atoms with Gasteiger partial charge in [0.2, 0.25) is 17.7 Å². The van der Waals surface area contributed by atoms with E-state index in [1.54, 1.807) is 0 Å². The molecule has 5 atom stereocenters. The normalized spacial score (nSPS) is 14.8. The number of carboxylic acids is 1. The van der Waals surface area contributed by atoms with Crippen LogP contribution in [-0.2, 0) is 19.2 Å². The summed E-state index contributed by atoms with van der Waals surface area (Å²) in [5, 5.41) is 26.4. The molecule has 0 saturated heterocycles. The fraction of sp³-hybridized carbons (Fsp3) is 0.727. The number of rotatable bonds is 18. The monoisotopic (exact) mass is 544 g/mol. The fourth-order valence-corrected chi connectivity index (χ4v) is 3.32. The van der Waals surface area contributed by atoms with E-state index < -0.39 is 54.0 Å². The average molecular weight is 545 g/mol. The van der Waals surface area contributed by atoms with Gasteiger partial charge in [0, 0.05) is 13.1 Å². The van der Waals surface area contributed by atoms with E-state index in [9.17, 15) is 29.4 Å². The number of carbonyl (C=O) groups is 4. The number of aliphatic hydroxyl groups is 1. The fourth-order valence-electron chi connectivity index (χ4n) is 3.32. The molecule has 0 spiro atoms. The predicted molar refractivity (Wildman–Crippen MR) is 142 cm³/mol. The molecule has 0 fully saturated rings. The van der Waals surface area contributed by atoms with Crippen molar-refractivity contribution >= 4 is 35.6 Å². The van der Waals surface area contributed by atoms with Gasteiger partial charge in [0.15, 0.2) is 18.0 Å². The van der Waals surface area contributed by atoms with Crippen LogP contribution in [0.5, 0.6) is 0 Å². The maximum atomic E-state index is 13.2. The van der Waals surface area contributed by atoms with Gasteiger partial charge in [0.25, 0.3) is 0 Å². The Morgan fingerprint density at radius 2 is 1.24 bits per heavy atom. The molecule has 0 aliphatic carbocycles. The van der Waals surface area contributed by atoms with Crippen molar-refractivity contribution in [3.63, 3.8) is 0 Å². The number of nitrogens with zero attached hydrogens (tertiary/aromatic N) is 2. The molecular weight excluding hydrogens is 500 g/mol. The minimum Gasteiger partial charge on any atom is -0.480 e. The van der Waals surface area contributed by atoms with E-state index in [0.717, 1.165) is 0 Å². The van der Waals surface area contributed by atoms with Gasteiger partial charge in [-0.3, -0.25) is 24.4 Å². The van der Waals surface area contributed by atoms with E-state index in [0.29, 0.717) is 13.0 Å². The van der Waals surface area contributed by atoms with Crippen LogP contribution >= 0.6 is 0 Å². The Bertz CT molecular complexity index is 840. The summed E-state index contributed by atoms with van der Waals surface area (Å²) in [4.78, 5) is 57.7. The molecule has 0 saturated carbocycles. The third-order valence-corrected chi connectivity index (χ3v) is 5.27. The topological polar surface area (TPSA) is 300 Å². The Morgan fingerprint density at radius 1 is 0.763 bits per heavy atom. The van der Waals surface area contributed by atoms with Gasteiger partial charge in [-0.05, 0) is 44.9 Å². The number of guanidine groups is 2. The average Bonchev–Trinajstić information content (AvgIpc) is 2.80. The zero-order valence-corrected chi connectivity index (χ0v) is 22.2. The maximum absolute atomic E-state index is 13.2. The molecule has 0 rings (SSSR count). The van der Waals surface area contributed by atoms with Gasteiger partial charge >= 0.3 is 5.97 Å². The summed E-state index contributed by atoms with van der Waals surface area (Å²) >= 11 is 0. The second-order valence-electron chi connectivity index (χ2n) is 9.32. The van der Waals surface area contributed by atoms with E-state index in [1.165, 1.54) is 6.92 Å². The van der Waals surface area contributed by atoms with Crippen LogP contribution < -0.4 is 44.6 Å². The summed E-state index contributed by atoms with van der Waals surface area (Å²) in [6.45, 7) is 5.35. The van der Waals surface area contributed by atoms with Crippen LogP contribution in [0.1, 0.15) is 52.9 Å². The van der Waals surface area contributed by atoms with E-state index >= 15 is 0 Å². The van der Waals surface area contributed by atoms with Crippen LogP contribution in [0, 0.1) is 5.92 Å².